The summed E-state index contributed by atoms with van der Waals surface area (Å²) < 4.78 is 24.1. The fourth-order valence-electron chi connectivity index (χ4n) is 1.97. The molecule has 1 rings (SSSR count). The first-order valence-corrected chi connectivity index (χ1v) is 7.81. The molecule has 5 nitrogen and oxygen atoms in total. The number of hydrogen-bond donors (Lipinski definition) is 2. The van der Waals surface area contributed by atoms with E-state index in [-0.39, 0.29) is 0 Å². The number of sulfonamides is 1. The largest absolute Gasteiger partial charge is 0.313 e. The van der Waals surface area contributed by atoms with Crippen molar-refractivity contribution < 1.29 is 8.42 Å². The summed E-state index contributed by atoms with van der Waals surface area (Å²) in [6, 6.07) is 0.546. The van der Waals surface area contributed by atoms with E-state index in [1.807, 2.05) is 0 Å². The lowest BCUT2D eigenvalue weighted by atomic mass is 10.1. The minimum Gasteiger partial charge on any atom is -0.313 e. The van der Waals surface area contributed by atoms with Gasteiger partial charge in [0.05, 0.1) is 6.26 Å². The van der Waals surface area contributed by atoms with Crippen LogP contribution in [-0.2, 0) is 10.0 Å². The Morgan fingerprint density at radius 1 is 1.25 bits per heavy atom. The van der Waals surface area contributed by atoms with Crippen molar-refractivity contribution in [3.05, 3.63) is 0 Å². The fourth-order valence-corrected chi connectivity index (χ4v) is 2.44. The molecule has 1 saturated heterocycles. The zero-order valence-corrected chi connectivity index (χ0v) is 11.0. The van der Waals surface area contributed by atoms with Gasteiger partial charge in [0.1, 0.15) is 0 Å². The quantitative estimate of drug-likeness (QED) is 0.629. The number of hydrogen-bond acceptors (Lipinski definition) is 4. The Morgan fingerprint density at radius 3 is 2.38 bits per heavy atom. The third-order valence-electron chi connectivity index (χ3n) is 2.96. The summed E-state index contributed by atoms with van der Waals surface area (Å²) in [6.07, 6.45) is 3.51. The maximum absolute atomic E-state index is 10.8. The summed E-state index contributed by atoms with van der Waals surface area (Å²) in [5, 5.41) is 3.39. The average Bonchev–Trinajstić information content (AvgIpc) is 2.24. The molecule has 6 heteroatoms. The van der Waals surface area contributed by atoms with E-state index in [1.54, 1.807) is 0 Å². The van der Waals surface area contributed by atoms with Crippen LogP contribution in [0, 0.1) is 0 Å². The molecule has 0 unspecified atom stereocenters. The van der Waals surface area contributed by atoms with Gasteiger partial charge in [0.2, 0.25) is 10.0 Å². The summed E-state index contributed by atoms with van der Waals surface area (Å²) in [5.41, 5.74) is 0. The van der Waals surface area contributed by atoms with E-state index in [4.69, 9.17) is 0 Å². The third-order valence-corrected chi connectivity index (χ3v) is 3.69. The van der Waals surface area contributed by atoms with Crippen LogP contribution in [0.2, 0.25) is 0 Å². The Balaban J connectivity index is 2.07. The van der Waals surface area contributed by atoms with Crippen molar-refractivity contribution in [1.29, 1.82) is 0 Å². The van der Waals surface area contributed by atoms with Gasteiger partial charge < -0.3 is 10.2 Å². The van der Waals surface area contributed by atoms with Gasteiger partial charge >= 0.3 is 0 Å². The van der Waals surface area contributed by atoms with Crippen LogP contribution in [0.5, 0.6) is 0 Å². The van der Waals surface area contributed by atoms with Gasteiger partial charge in [-0.3, -0.25) is 0 Å². The fraction of sp³-hybridized carbons (Fsp3) is 1.00. The number of nitrogens with zero attached hydrogens (tertiary/aromatic N) is 1. The van der Waals surface area contributed by atoms with Gasteiger partial charge in [-0.15, -0.1) is 0 Å². The minimum atomic E-state index is -3.04. The van der Waals surface area contributed by atoms with Crippen molar-refractivity contribution in [2.24, 2.45) is 0 Å². The van der Waals surface area contributed by atoms with Gasteiger partial charge in [0.15, 0.2) is 0 Å². The molecule has 0 aromatic heterocycles. The number of likely N-dealkylation sites (tertiary alicyclic amines) is 1. The Labute approximate surface area is 98.6 Å². The molecule has 0 saturated carbocycles. The smallest absolute Gasteiger partial charge is 0.208 e. The predicted molar refractivity (Wildman–Crippen MR) is 66.0 cm³/mol. The normalized spacial score (nSPS) is 20.1. The first kappa shape index (κ1) is 13.9. The lowest BCUT2D eigenvalue weighted by Crippen LogP contribution is -2.44. The molecule has 2 N–H and O–H groups in total. The van der Waals surface area contributed by atoms with Crippen LogP contribution in [0.25, 0.3) is 0 Å². The Bertz CT molecular complexity index is 284. The monoisotopic (exact) mass is 249 g/mol. The molecule has 1 aliphatic rings. The van der Waals surface area contributed by atoms with Gasteiger partial charge in [0, 0.05) is 19.1 Å². The number of piperidine rings is 1. The van der Waals surface area contributed by atoms with Gasteiger partial charge in [-0.05, 0) is 32.5 Å². The van der Waals surface area contributed by atoms with Crippen LogP contribution in [-0.4, -0.2) is 58.3 Å². The maximum atomic E-state index is 10.8. The molecular formula is C10H23N3O2S. The highest BCUT2D eigenvalue weighted by molar-refractivity contribution is 7.88. The molecule has 1 fully saturated rings. The van der Waals surface area contributed by atoms with E-state index in [9.17, 15) is 8.42 Å². The van der Waals surface area contributed by atoms with Crippen molar-refractivity contribution in [3.8, 4) is 0 Å². The summed E-state index contributed by atoms with van der Waals surface area (Å²) in [7, 11) is -3.04. The second-order valence-electron chi connectivity index (χ2n) is 4.33. The molecule has 16 heavy (non-hydrogen) atoms. The van der Waals surface area contributed by atoms with Crippen LogP contribution >= 0.6 is 0 Å². The minimum absolute atomic E-state index is 0.479. The standard InChI is InChI=1S/C10H23N3O2S/c1-3-13-8-4-10(5-9-13)11-6-7-12-16(2,14)15/h10-12H,3-9H2,1-2H3. The lowest BCUT2D eigenvalue weighted by Gasteiger charge is -2.31. The summed E-state index contributed by atoms with van der Waals surface area (Å²) >= 11 is 0. The molecule has 1 heterocycles. The van der Waals surface area contributed by atoms with Crippen LogP contribution in [0.4, 0.5) is 0 Å². The van der Waals surface area contributed by atoms with E-state index in [2.05, 4.69) is 21.9 Å². The first-order valence-electron chi connectivity index (χ1n) is 5.91. The van der Waals surface area contributed by atoms with Crippen molar-refractivity contribution in [2.45, 2.75) is 25.8 Å². The SMILES string of the molecule is CCN1CCC(NCCNS(C)(=O)=O)CC1. The van der Waals surface area contributed by atoms with Gasteiger partial charge in [-0.25, -0.2) is 13.1 Å². The van der Waals surface area contributed by atoms with Crippen LogP contribution in [0.3, 0.4) is 0 Å². The van der Waals surface area contributed by atoms with E-state index in [0.717, 1.165) is 32.5 Å². The second kappa shape index (κ2) is 6.54. The van der Waals surface area contributed by atoms with E-state index >= 15 is 0 Å². The van der Waals surface area contributed by atoms with Crippen molar-refractivity contribution >= 4 is 10.0 Å². The molecule has 0 atom stereocenters. The van der Waals surface area contributed by atoms with Crippen LogP contribution < -0.4 is 10.0 Å². The van der Waals surface area contributed by atoms with Gasteiger partial charge in [-0.1, -0.05) is 6.92 Å². The Morgan fingerprint density at radius 2 is 1.88 bits per heavy atom. The van der Waals surface area contributed by atoms with E-state index in [0.29, 0.717) is 19.1 Å². The number of nitrogens with one attached hydrogen (secondary N) is 2. The molecule has 96 valence electrons. The zero-order valence-electron chi connectivity index (χ0n) is 10.2. The highest BCUT2D eigenvalue weighted by Crippen LogP contribution is 2.08. The van der Waals surface area contributed by atoms with Gasteiger partial charge in [0.25, 0.3) is 0 Å². The van der Waals surface area contributed by atoms with Gasteiger partial charge in [-0.2, -0.15) is 0 Å². The van der Waals surface area contributed by atoms with Crippen molar-refractivity contribution in [2.75, 3.05) is 39.0 Å². The van der Waals surface area contributed by atoms with Crippen molar-refractivity contribution in [1.82, 2.24) is 14.9 Å². The molecule has 1 aliphatic heterocycles. The Hall–Kier alpha value is -0.170. The molecule has 0 amide bonds. The van der Waals surface area contributed by atoms with Crippen LogP contribution in [0.15, 0.2) is 0 Å². The van der Waals surface area contributed by atoms with Crippen molar-refractivity contribution in [3.63, 3.8) is 0 Å². The first-order chi connectivity index (χ1) is 7.51. The molecule has 0 spiro atoms. The maximum Gasteiger partial charge on any atom is 0.208 e. The molecule has 0 aromatic carbocycles. The van der Waals surface area contributed by atoms with E-state index in [1.165, 1.54) is 6.26 Å². The number of rotatable bonds is 6. The summed E-state index contributed by atoms with van der Waals surface area (Å²) in [5.74, 6) is 0. The summed E-state index contributed by atoms with van der Waals surface area (Å²) in [6.45, 7) is 6.80. The molecule has 0 aromatic rings. The lowest BCUT2D eigenvalue weighted by molar-refractivity contribution is 0.207. The highest BCUT2D eigenvalue weighted by Gasteiger charge is 2.16. The molecular weight excluding hydrogens is 226 g/mol. The topological polar surface area (TPSA) is 61.4 Å². The third kappa shape index (κ3) is 5.79. The summed E-state index contributed by atoms with van der Waals surface area (Å²) in [4.78, 5) is 2.44. The Kier molecular flexibility index (Phi) is 5.68. The average molecular weight is 249 g/mol. The predicted octanol–water partition coefficient (Wildman–Crippen LogP) is -0.390. The zero-order chi connectivity index (χ0) is 12.0. The molecule has 0 bridgehead atoms. The van der Waals surface area contributed by atoms with Crippen LogP contribution in [0.1, 0.15) is 19.8 Å². The molecule has 0 radical (unpaired) electrons. The highest BCUT2D eigenvalue weighted by atomic mass is 32.2. The molecule has 0 aliphatic carbocycles. The second-order valence-corrected chi connectivity index (χ2v) is 6.16. The van der Waals surface area contributed by atoms with E-state index < -0.39 is 10.0 Å².